The fourth-order valence-corrected chi connectivity index (χ4v) is 4.04. The number of fused-ring (bicyclic) bond motifs is 1. The molecule has 0 spiro atoms. The van der Waals surface area contributed by atoms with E-state index in [2.05, 4.69) is 66.1 Å². The van der Waals surface area contributed by atoms with Crippen LogP contribution in [0.25, 0.3) is 0 Å². The Morgan fingerprint density at radius 3 is 2.52 bits per heavy atom. The van der Waals surface area contributed by atoms with E-state index >= 15 is 0 Å². The highest BCUT2D eigenvalue weighted by atomic mass is 16.5. The van der Waals surface area contributed by atoms with Gasteiger partial charge in [0.05, 0.1) is 6.61 Å². The molecule has 1 fully saturated rings. The van der Waals surface area contributed by atoms with Gasteiger partial charge in [0.25, 0.3) is 0 Å². The second kappa shape index (κ2) is 7.81. The fraction of sp³-hybridized carbons (Fsp3) is 0.478. The summed E-state index contributed by atoms with van der Waals surface area (Å²) in [5.41, 5.74) is 2.47. The third-order valence-corrected chi connectivity index (χ3v) is 5.42. The average Bonchev–Trinajstić information content (AvgIpc) is 3.01. The number of benzene rings is 2. The molecule has 0 saturated carbocycles. The summed E-state index contributed by atoms with van der Waals surface area (Å²) in [5.74, 6) is 1.84. The number of anilines is 1. The van der Waals surface area contributed by atoms with Gasteiger partial charge < -0.3 is 14.4 Å². The normalized spacial score (nSPS) is 18.8. The first-order chi connectivity index (χ1) is 13.1. The number of hydrogen-bond donors (Lipinski definition) is 0. The highest BCUT2D eigenvalue weighted by Gasteiger charge is 2.32. The largest absolute Gasteiger partial charge is 0.490 e. The first kappa shape index (κ1) is 18.2. The molecule has 0 unspecified atom stereocenters. The molecule has 2 heterocycles. The molecule has 0 atom stereocenters. The van der Waals surface area contributed by atoms with E-state index in [1.807, 2.05) is 6.07 Å². The molecular formula is C23H30N2O2. The van der Waals surface area contributed by atoms with Crippen molar-refractivity contribution in [1.29, 1.82) is 0 Å². The highest BCUT2D eigenvalue weighted by Crippen LogP contribution is 2.41. The van der Waals surface area contributed by atoms with E-state index in [4.69, 9.17) is 9.47 Å². The summed E-state index contributed by atoms with van der Waals surface area (Å²) < 4.78 is 12.1. The zero-order chi connectivity index (χ0) is 18.7. The molecule has 0 aliphatic carbocycles. The van der Waals surface area contributed by atoms with Gasteiger partial charge in [0.15, 0.2) is 11.5 Å². The highest BCUT2D eigenvalue weighted by molar-refractivity contribution is 5.50. The molecule has 4 nitrogen and oxygen atoms in total. The van der Waals surface area contributed by atoms with Crippen LogP contribution in [0.1, 0.15) is 25.8 Å². The van der Waals surface area contributed by atoms with E-state index in [1.165, 1.54) is 11.3 Å². The predicted octanol–water partition coefficient (Wildman–Crippen LogP) is 3.99. The maximum Gasteiger partial charge on any atom is 0.165 e. The lowest BCUT2D eigenvalue weighted by atomic mass is 10.0. The second-order valence-corrected chi connectivity index (χ2v) is 8.15. The van der Waals surface area contributed by atoms with Crippen molar-refractivity contribution in [2.24, 2.45) is 0 Å². The smallest absolute Gasteiger partial charge is 0.165 e. The van der Waals surface area contributed by atoms with Gasteiger partial charge in [-0.1, -0.05) is 30.3 Å². The van der Waals surface area contributed by atoms with Crippen molar-refractivity contribution in [3.05, 3.63) is 54.1 Å². The standard InChI is InChI=1S/C23H30N2O2/c1-23(2)18-19-8-6-11-21(22(19)27-23)26-17-7-12-24-13-15-25(16-14-24)20-9-4-3-5-10-20/h3-6,8-11H,7,12-18H2,1-2H3. The van der Waals surface area contributed by atoms with Crippen LogP contribution in [0, 0.1) is 0 Å². The van der Waals surface area contributed by atoms with Crippen LogP contribution in [0.2, 0.25) is 0 Å². The van der Waals surface area contributed by atoms with Crippen molar-refractivity contribution in [2.75, 3.05) is 44.2 Å². The van der Waals surface area contributed by atoms with Crippen molar-refractivity contribution in [1.82, 2.24) is 4.90 Å². The van der Waals surface area contributed by atoms with E-state index < -0.39 is 0 Å². The molecule has 0 amide bonds. The minimum atomic E-state index is -0.125. The Bertz CT molecular complexity index is 752. The van der Waals surface area contributed by atoms with Crippen LogP contribution in [0.4, 0.5) is 5.69 Å². The molecule has 1 saturated heterocycles. The van der Waals surface area contributed by atoms with E-state index in [0.717, 1.165) is 63.7 Å². The lowest BCUT2D eigenvalue weighted by Crippen LogP contribution is -2.46. The van der Waals surface area contributed by atoms with E-state index in [-0.39, 0.29) is 5.60 Å². The molecule has 2 aromatic rings. The number of hydrogen-bond acceptors (Lipinski definition) is 4. The lowest BCUT2D eigenvalue weighted by molar-refractivity contribution is 0.131. The summed E-state index contributed by atoms with van der Waals surface area (Å²) >= 11 is 0. The Balaban J connectivity index is 1.21. The Hall–Kier alpha value is -2.20. The summed E-state index contributed by atoms with van der Waals surface area (Å²) in [6, 6.07) is 16.9. The van der Waals surface area contributed by atoms with Gasteiger partial charge in [0, 0.05) is 50.4 Å². The molecule has 0 bridgehead atoms. The molecule has 0 N–H and O–H groups in total. The van der Waals surface area contributed by atoms with Gasteiger partial charge in [-0.3, -0.25) is 4.90 Å². The van der Waals surface area contributed by atoms with Crippen LogP contribution >= 0.6 is 0 Å². The Kier molecular flexibility index (Phi) is 5.26. The lowest BCUT2D eigenvalue weighted by Gasteiger charge is -2.36. The first-order valence-electron chi connectivity index (χ1n) is 10.1. The van der Waals surface area contributed by atoms with Crippen LogP contribution in [-0.2, 0) is 6.42 Å². The molecule has 0 aromatic heterocycles. The predicted molar refractivity (Wildman–Crippen MR) is 110 cm³/mol. The summed E-state index contributed by atoms with van der Waals surface area (Å²) in [6.07, 6.45) is 1.99. The topological polar surface area (TPSA) is 24.9 Å². The number of ether oxygens (including phenoxy) is 2. The molecule has 144 valence electrons. The number of rotatable bonds is 6. The monoisotopic (exact) mass is 366 g/mol. The summed E-state index contributed by atoms with van der Waals surface area (Å²) in [6.45, 7) is 10.5. The summed E-state index contributed by atoms with van der Waals surface area (Å²) in [7, 11) is 0. The van der Waals surface area contributed by atoms with Crippen LogP contribution in [0.5, 0.6) is 11.5 Å². The summed E-state index contributed by atoms with van der Waals surface area (Å²) in [5, 5.41) is 0. The van der Waals surface area contributed by atoms with Crippen LogP contribution in [0.3, 0.4) is 0 Å². The van der Waals surface area contributed by atoms with Crippen molar-refractivity contribution in [2.45, 2.75) is 32.3 Å². The maximum atomic E-state index is 6.09. The molecule has 0 radical (unpaired) electrons. The van der Waals surface area contributed by atoms with Crippen LogP contribution < -0.4 is 14.4 Å². The third-order valence-electron chi connectivity index (χ3n) is 5.42. The van der Waals surface area contributed by atoms with Gasteiger partial charge in [-0.05, 0) is 38.5 Å². The summed E-state index contributed by atoms with van der Waals surface area (Å²) in [4.78, 5) is 5.01. The van der Waals surface area contributed by atoms with Crippen molar-refractivity contribution in [3.8, 4) is 11.5 Å². The molecule has 4 heteroatoms. The van der Waals surface area contributed by atoms with E-state index in [0.29, 0.717) is 0 Å². The van der Waals surface area contributed by atoms with Crippen LogP contribution in [-0.4, -0.2) is 49.8 Å². The Morgan fingerprint density at radius 2 is 1.74 bits per heavy atom. The second-order valence-electron chi connectivity index (χ2n) is 8.15. The van der Waals surface area contributed by atoms with Gasteiger partial charge in [0.2, 0.25) is 0 Å². The zero-order valence-corrected chi connectivity index (χ0v) is 16.5. The molecule has 2 aromatic carbocycles. The molecule has 2 aliphatic heterocycles. The molecule has 4 rings (SSSR count). The van der Waals surface area contributed by atoms with Crippen molar-refractivity contribution in [3.63, 3.8) is 0 Å². The van der Waals surface area contributed by atoms with Crippen molar-refractivity contribution < 1.29 is 9.47 Å². The van der Waals surface area contributed by atoms with Gasteiger partial charge in [0.1, 0.15) is 5.60 Å². The van der Waals surface area contributed by atoms with Gasteiger partial charge >= 0.3 is 0 Å². The van der Waals surface area contributed by atoms with Gasteiger partial charge in [-0.15, -0.1) is 0 Å². The van der Waals surface area contributed by atoms with E-state index in [9.17, 15) is 0 Å². The number of para-hydroxylation sites is 2. The SMILES string of the molecule is CC1(C)Cc2cccc(OCCCN3CCN(c4ccccc4)CC3)c2O1. The quantitative estimate of drug-likeness (QED) is 0.722. The maximum absolute atomic E-state index is 6.09. The van der Waals surface area contributed by atoms with Gasteiger partial charge in [-0.2, -0.15) is 0 Å². The number of nitrogens with zero attached hydrogens (tertiary/aromatic N) is 2. The molecule has 27 heavy (non-hydrogen) atoms. The zero-order valence-electron chi connectivity index (χ0n) is 16.5. The molecular weight excluding hydrogens is 336 g/mol. The van der Waals surface area contributed by atoms with Gasteiger partial charge in [-0.25, -0.2) is 0 Å². The van der Waals surface area contributed by atoms with Crippen molar-refractivity contribution >= 4 is 5.69 Å². The number of piperazine rings is 1. The average molecular weight is 367 g/mol. The van der Waals surface area contributed by atoms with E-state index in [1.54, 1.807) is 0 Å². The minimum Gasteiger partial charge on any atom is -0.490 e. The minimum absolute atomic E-state index is 0.125. The Labute approximate surface area is 162 Å². The molecule has 2 aliphatic rings. The van der Waals surface area contributed by atoms with Crippen LogP contribution in [0.15, 0.2) is 48.5 Å². The third kappa shape index (κ3) is 4.38. The fourth-order valence-electron chi connectivity index (χ4n) is 4.04. The first-order valence-corrected chi connectivity index (χ1v) is 10.1. The Morgan fingerprint density at radius 1 is 0.963 bits per heavy atom.